The number of benzene rings is 1. The SMILES string of the molecule is CC(C)Oc1ccc(-c2nc(CO)c(Br)s2)cc1. The molecule has 0 aliphatic rings. The van der Waals surface area contributed by atoms with Gasteiger partial charge in [-0.05, 0) is 54.0 Å². The van der Waals surface area contributed by atoms with E-state index in [4.69, 9.17) is 9.84 Å². The first-order valence-electron chi connectivity index (χ1n) is 5.63. The average molecular weight is 328 g/mol. The monoisotopic (exact) mass is 327 g/mol. The minimum absolute atomic E-state index is 0.0500. The van der Waals surface area contributed by atoms with E-state index in [2.05, 4.69) is 20.9 Å². The van der Waals surface area contributed by atoms with E-state index in [9.17, 15) is 0 Å². The Morgan fingerprint density at radius 3 is 2.50 bits per heavy atom. The maximum Gasteiger partial charge on any atom is 0.124 e. The molecule has 3 nitrogen and oxygen atoms in total. The second-order valence-electron chi connectivity index (χ2n) is 4.09. The molecule has 2 rings (SSSR count). The van der Waals surface area contributed by atoms with Crippen molar-refractivity contribution in [3.8, 4) is 16.3 Å². The van der Waals surface area contributed by atoms with Gasteiger partial charge in [0.1, 0.15) is 10.8 Å². The highest BCUT2D eigenvalue weighted by Crippen LogP contribution is 2.32. The predicted molar refractivity (Wildman–Crippen MR) is 76.9 cm³/mol. The molecule has 0 fully saturated rings. The average Bonchev–Trinajstić information content (AvgIpc) is 2.71. The molecule has 0 radical (unpaired) electrons. The zero-order chi connectivity index (χ0) is 13.1. The Morgan fingerprint density at radius 2 is 2.00 bits per heavy atom. The summed E-state index contributed by atoms with van der Waals surface area (Å²) in [5.41, 5.74) is 1.70. The Balaban J connectivity index is 2.22. The van der Waals surface area contributed by atoms with Crippen LogP contribution in [-0.4, -0.2) is 16.2 Å². The Labute approximate surface area is 119 Å². The molecule has 5 heteroatoms. The standard InChI is InChI=1S/C13H14BrNO2S/c1-8(2)17-10-5-3-9(4-6-10)13-15-11(7-16)12(14)18-13/h3-6,8,16H,7H2,1-2H3. The molecule has 2 aromatic rings. The van der Waals surface area contributed by atoms with E-state index in [1.807, 2.05) is 38.1 Å². The maximum absolute atomic E-state index is 9.12. The molecule has 1 aromatic carbocycles. The molecule has 0 saturated carbocycles. The normalized spacial score (nSPS) is 10.9. The second kappa shape index (κ2) is 5.82. The van der Waals surface area contributed by atoms with Gasteiger partial charge in [0, 0.05) is 5.56 Å². The van der Waals surface area contributed by atoms with Crippen molar-refractivity contribution < 1.29 is 9.84 Å². The fraction of sp³-hybridized carbons (Fsp3) is 0.308. The van der Waals surface area contributed by atoms with Gasteiger partial charge in [-0.2, -0.15) is 0 Å². The number of rotatable bonds is 4. The van der Waals surface area contributed by atoms with Gasteiger partial charge in [0.25, 0.3) is 0 Å². The number of aromatic nitrogens is 1. The van der Waals surface area contributed by atoms with Crippen LogP contribution in [0, 0.1) is 0 Å². The lowest BCUT2D eigenvalue weighted by molar-refractivity contribution is 0.242. The highest BCUT2D eigenvalue weighted by molar-refractivity contribution is 9.11. The van der Waals surface area contributed by atoms with E-state index in [1.165, 1.54) is 11.3 Å². The van der Waals surface area contributed by atoms with Crippen LogP contribution in [0.4, 0.5) is 0 Å². The fourth-order valence-electron chi connectivity index (χ4n) is 1.50. The number of aliphatic hydroxyl groups is 1. The molecule has 1 aromatic heterocycles. The summed E-state index contributed by atoms with van der Waals surface area (Å²) in [6.07, 6.45) is 0.172. The highest BCUT2D eigenvalue weighted by Gasteiger charge is 2.09. The van der Waals surface area contributed by atoms with Crippen molar-refractivity contribution in [1.29, 1.82) is 0 Å². The predicted octanol–water partition coefficient (Wildman–Crippen LogP) is 3.85. The van der Waals surface area contributed by atoms with Crippen LogP contribution in [0.3, 0.4) is 0 Å². The van der Waals surface area contributed by atoms with Gasteiger partial charge in [-0.15, -0.1) is 11.3 Å². The zero-order valence-electron chi connectivity index (χ0n) is 10.2. The molecule has 0 atom stereocenters. The topological polar surface area (TPSA) is 42.4 Å². The molecule has 0 amide bonds. The molecule has 0 spiro atoms. The van der Waals surface area contributed by atoms with E-state index >= 15 is 0 Å². The van der Waals surface area contributed by atoms with Crippen LogP contribution < -0.4 is 4.74 Å². The highest BCUT2D eigenvalue weighted by atomic mass is 79.9. The Hall–Kier alpha value is -0.910. The third kappa shape index (κ3) is 3.10. The van der Waals surface area contributed by atoms with Gasteiger partial charge >= 0.3 is 0 Å². The van der Waals surface area contributed by atoms with Gasteiger partial charge in [-0.3, -0.25) is 0 Å². The molecule has 0 aliphatic carbocycles. The third-order valence-corrected chi connectivity index (χ3v) is 4.15. The second-order valence-corrected chi connectivity index (χ2v) is 6.41. The van der Waals surface area contributed by atoms with Crippen LogP contribution in [-0.2, 0) is 6.61 Å². The van der Waals surface area contributed by atoms with Crippen LogP contribution in [0.15, 0.2) is 28.1 Å². The zero-order valence-corrected chi connectivity index (χ0v) is 12.6. The van der Waals surface area contributed by atoms with Crippen molar-refractivity contribution >= 4 is 27.3 Å². The molecular weight excluding hydrogens is 314 g/mol. The number of hydrogen-bond acceptors (Lipinski definition) is 4. The number of nitrogens with zero attached hydrogens (tertiary/aromatic N) is 1. The number of hydrogen-bond donors (Lipinski definition) is 1. The van der Waals surface area contributed by atoms with Gasteiger partial charge in [0.15, 0.2) is 0 Å². The number of halogens is 1. The van der Waals surface area contributed by atoms with E-state index in [0.29, 0.717) is 5.69 Å². The molecule has 96 valence electrons. The van der Waals surface area contributed by atoms with Crippen LogP contribution in [0.5, 0.6) is 5.75 Å². The summed E-state index contributed by atoms with van der Waals surface area (Å²) < 4.78 is 6.47. The Morgan fingerprint density at radius 1 is 1.33 bits per heavy atom. The number of thiazole rings is 1. The minimum Gasteiger partial charge on any atom is -0.491 e. The largest absolute Gasteiger partial charge is 0.491 e. The van der Waals surface area contributed by atoms with E-state index in [-0.39, 0.29) is 12.7 Å². The van der Waals surface area contributed by atoms with Crippen molar-refractivity contribution in [2.45, 2.75) is 26.6 Å². The quantitative estimate of drug-likeness (QED) is 0.927. The van der Waals surface area contributed by atoms with Gasteiger partial charge in [-0.1, -0.05) is 0 Å². The summed E-state index contributed by atoms with van der Waals surface area (Å²) in [5.74, 6) is 0.853. The smallest absolute Gasteiger partial charge is 0.124 e. The van der Waals surface area contributed by atoms with E-state index in [0.717, 1.165) is 20.1 Å². The molecular formula is C13H14BrNO2S. The third-order valence-electron chi connectivity index (χ3n) is 2.27. The van der Waals surface area contributed by atoms with Gasteiger partial charge in [-0.25, -0.2) is 4.98 Å². The van der Waals surface area contributed by atoms with Crippen molar-refractivity contribution in [2.75, 3.05) is 0 Å². The summed E-state index contributed by atoms with van der Waals surface area (Å²) in [6.45, 7) is 3.95. The van der Waals surface area contributed by atoms with E-state index < -0.39 is 0 Å². The van der Waals surface area contributed by atoms with Crippen molar-refractivity contribution in [1.82, 2.24) is 4.98 Å². The van der Waals surface area contributed by atoms with Gasteiger partial charge in [0.05, 0.1) is 22.2 Å². The first kappa shape index (κ1) is 13.5. The summed E-state index contributed by atoms with van der Waals surface area (Å²) in [5, 5.41) is 10.0. The van der Waals surface area contributed by atoms with Crippen LogP contribution in [0.1, 0.15) is 19.5 Å². The minimum atomic E-state index is -0.0500. The summed E-state index contributed by atoms with van der Waals surface area (Å²) in [4.78, 5) is 4.37. The lowest BCUT2D eigenvalue weighted by Gasteiger charge is -2.09. The first-order chi connectivity index (χ1) is 8.60. The Kier molecular flexibility index (Phi) is 4.37. The maximum atomic E-state index is 9.12. The van der Waals surface area contributed by atoms with Crippen molar-refractivity contribution in [3.05, 3.63) is 33.7 Å². The fourth-order valence-corrected chi connectivity index (χ4v) is 2.98. The van der Waals surface area contributed by atoms with Crippen LogP contribution in [0.25, 0.3) is 10.6 Å². The van der Waals surface area contributed by atoms with Crippen LogP contribution in [0.2, 0.25) is 0 Å². The molecule has 18 heavy (non-hydrogen) atoms. The lowest BCUT2D eigenvalue weighted by Crippen LogP contribution is -2.05. The molecule has 0 saturated heterocycles. The molecule has 1 N–H and O–H groups in total. The molecule has 0 aliphatic heterocycles. The summed E-state index contributed by atoms with van der Waals surface area (Å²) >= 11 is 4.91. The first-order valence-corrected chi connectivity index (χ1v) is 7.24. The van der Waals surface area contributed by atoms with Gasteiger partial charge < -0.3 is 9.84 Å². The lowest BCUT2D eigenvalue weighted by atomic mass is 10.2. The van der Waals surface area contributed by atoms with E-state index in [1.54, 1.807) is 0 Å². The van der Waals surface area contributed by atoms with Gasteiger partial charge in [0.2, 0.25) is 0 Å². The molecule has 0 unspecified atom stereocenters. The Bertz CT molecular complexity index is 522. The molecule has 0 bridgehead atoms. The number of aliphatic hydroxyl groups excluding tert-OH is 1. The number of ether oxygens (including phenoxy) is 1. The van der Waals surface area contributed by atoms with Crippen molar-refractivity contribution in [3.63, 3.8) is 0 Å². The van der Waals surface area contributed by atoms with Crippen LogP contribution >= 0.6 is 27.3 Å². The molecule has 1 heterocycles. The van der Waals surface area contributed by atoms with Crippen molar-refractivity contribution in [2.24, 2.45) is 0 Å². The summed E-state index contributed by atoms with van der Waals surface area (Å²) in [6, 6.07) is 7.82. The summed E-state index contributed by atoms with van der Waals surface area (Å²) in [7, 11) is 0.